The Balaban J connectivity index is 3.25. The van der Waals surface area contributed by atoms with E-state index in [9.17, 15) is 14.6 Å². The second kappa shape index (κ2) is 4.13. The van der Waals surface area contributed by atoms with Crippen molar-refractivity contribution < 1.29 is 14.6 Å². The van der Waals surface area contributed by atoms with Crippen molar-refractivity contribution in [2.45, 2.75) is 19.1 Å². The summed E-state index contributed by atoms with van der Waals surface area (Å²) in [5, 5.41) is 18.7. The summed E-state index contributed by atoms with van der Waals surface area (Å²) in [6.45, 7) is 1.44. The first-order chi connectivity index (χ1) is 6.45. The molecular weight excluding hydrogens is 209 g/mol. The first kappa shape index (κ1) is 11.2. The molecule has 14 heavy (non-hydrogen) atoms. The largest absolute Gasteiger partial charge is 0.505 e. The average molecular weight is 220 g/mol. The molecule has 0 aliphatic heterocycles. The van der Waals surface area contributed by atoms with Gasteiger partial charge in [0.1, 0.15) is 0 Å². The van der Waals surface area contributed by atoms with Gasteiger partial charge in [0.15, 0.2) is 11.6 Å². The van der Waals surface area contributed by atoms with Gasteiger partial charge in [0.05, 0.1) is 12.1 Å². The topological polar surface area (TPSA) is 66.5 Å². The fraction of sp³-hybridized carbons (Fsp3) is 0.333. The van der Waals surface area contributed by atoms with Crippen LogP contribution in [0.25, 0.3) is 0 Å². The third-order valence-electron chi connectivity index (χ3n) is 1.97. The number of phenols is 1. The molecule has 0 unspecified atom stereocenters. The SMILES string of the molecule is C[C@H](O)[C@H](N)c1c(Cl)ccc(F)c1O. The van der Waals surface area contributed by atoms with Gasteiger partial charge in [0, 0.05) is 10.6 Å². The van der Waals surface area contributed by atoms with E-state index in [1.54, 1.807) is 0 Å². The Kier molecular flexibility index (Phi) is 3.31. The monoisotopic (exact) mass is 219 g/mol. The zero-order valence-electron chi connectivity index (χ0n) is 7.54. The van der Waals surface area contributed by atoms with Crippen molar-refractivity contribution in [3.8, 4) is 5.75 Å². The summed E-state index contributed by atoms with van der Waals surface area (Å²) < 4.78 is 12.9. The van der Waals surface area contributed by atoms with Crippen LogP contribution in [0.2, 0.25) is 5.02 Å². The zero-order chi connectivity index (χ0) is 10.9. The van der Waals surface area contributed by atoms with E-state index in [2.05, 4.69) is 0 Å². The third-order valence-corrected chi connectivity index (χ3v) is 2.30. The molecule has 0 spiro atoms. The van der Waals surface area contributed by atoms with E-state index in [-0.39, 0.29) is 10.6 Å². The number of hydrogen-bond acceptors (Lipinski definition) is 3. The number of aliphatic hydroxyl groups is 1. The lowest BCUT2D eigenvalue weighted by atomic mass is 10.0. The molecule has 1 rings (SSSR count). The summed E-state index contributed by atoms with van der Waals surface area (Å²) in [4.78, 5) is 0. The van der Waals surface area contributed by atoms with Crippen molar-refractivity contribution in [1.29, 1.82) is 0 Å². The number of phenolic OH excluding ortho intramolecular Hbond substituents is 1. The fourth-order valence-corrected chi connectivity index (χ4v) is 1.39. The maximum atomic E-state index is 12.9. The summed E-state index contributed by atoms with van der Waals surface area (Å²) >= 11 is 5.72. The number of rotatable bonds is 2. The molecular formula is C9H11ClFNO2. The zero-order valence-corrected chi connectivity index (χ0v) is 8.29. The Morgan fingerprint density at radius 3 is 2.57 bits per heavy atom. The van der Waals surface area contributed by atoms with Gasteiger partial charge in [-0.1, -0.05) is 11.6 Å². The molecule has 78 valence electrons. The smallest absolute Gasteiger partial charge is 0.165 e. The number of halogens is 2. The van der Waals surface area contributed by atoms with Gasteiger partial charge in [-0.05, 0) is 19.1 Å². The van der Waals surface area contributed by atoms with Gasteiger partial charge in [-0.3, -0.25) is 0 Å². The number of nitrogens with two attached hydrogens (primary N) is 1. The minimum atomic E-state index is -0.916. The molecule has 0 saturated heterocycles. The maximum Gasteiger partial charge on any atom is 0.165 e. The molecule has 5 heteroatoms. The van der Waals surface area contributed by atoms with E-state index in [1.807, 2.05) is 0 Å². The van der Waals surface area contributed by atoms with Crippen LogP contribution in [-0.2, 0) is 0 Å². The van der Waals surface area contributed by atoms with Gasteiger partial charge in [-0.15, -0.1) is 0 Å². The van der Waals surface area contributed by atoms with Crippen molar-refractivity contribution in [3.63, 3.8) is 0 Å². The Morgan fingerprint density at radius 2 is 2.07 bits per heavy atom. The van der Waals surface area contributed by atoms with Crippen LogP contribution in [0.3, 0.4) is 0 Å². The summed E-state index contributed by atoms with van der Waals surface area (Å²) in [5.41, 5.74) is 5.58. The average Bonchev–Trinajstić information content (AvgIpc) is 2.12. The first-order valence-corrected chi connectivity index (χ1v) is 4.43. The van der Waals surface area contributed by atoms with Gasteiger partial charge in [-0.25, -0.2) is 4.39 Å². The van der Waals surface area contributed by atoms with E-state index in [1.165, 1.54) is 13.0 Å². The van der Waals surface area contributed by atoms with Crippen LogP contribution in [0, 0.1) is 5.82 Å². The number of aliphatic hydroxyl groups excluding tert-OH is 1. The molecule has 0 amide bonds. The Hall–Kier alpha value is -0.840. The van der Waals surface area contributed by atoms with Crippen LogP contribution >= 0.6 is 11.6 Å². The minimum Gasteiger partial charge on any atom is -0.505 e. The minimum absolute atomic E-state index is 0.0293. The van der Waals surface area contributed by atoms with E-state index >= 15 is 0 Å². The molecule has 0 bridgehead atoms. The molecule has 0 aliphatic rings. The molecule has 1 aromatic carbocycles. The van der Waals surface area contributed by atoms with Gasteiger partial charge in [0.2, 0.25) is 0 Å². The van der Waals surface area contributed by atoms with Crippen LogP contribution in [0.1, 0.15) is 18.5 Å². The summed E-state index contributed by atoms with van der Waals surface area (Å²) in [5.74, 6) is -1.41. The predicted molar refractivity (Wildman–Crippen MR) is 51.7 cm³/mol. The van der Waals surface area contributed by atoms with Crippen LogP contribution in [0.4, 0.5) is 4.39 Å². The van der Waals surface area contributed by atoms with Crippen LogP contribution in [-0.4, -0.2) is 16.3 Å². The lowest BCUT2D eigenvalue weighted by Crippen LogP contribution is -2.23. The number of benzene rings is 1. The summed E-state index contributed by atoms with van der Waals surface area (Å²) in [6.07, 6.45) is -0.916. The third kappa shape index (κ3) is 1.97. The number of hydrogen-bond donors (Lipinski definition) is 3. The predicted octanol–water partition coefficient (Wildman–Crippen LogP) is 1.57. The highest BCUT2D eigenvalue weighted by molar-refractivity contribution is 6.31. The van der Waals surface area contributed by atoms with E-state index in [4.69, 9.17) is 17.3 Å². The molecule has 3 nitrogen and oxygen atoms in total. The molecule has 0 fully saturated rings. The van der Waals surface area contributed by atoms with Gasteiger partial charge >= 0.3 is 0 Å². The summed E-state index contributed by atoms with van der Waals surface area (Å²) in [6, 6.07) is 1.42. The quantitative estimate of drug-likeness (QED) is 0.707. The standard InChI is InChI=1S/C9H11ClFNO2/c1-4(13)8(12)7-5(10)2-3-6(11)9(7)14/h2-4,8,13-14H,12H2,1H3/t4-,8-/m0/s1. The fourth-order valence-electron chi connectivity index (χ4n) is 1.12. The van der Waals surface area contributed by atoms with Gasteiger partial charge in [-0.2, -0.15) is 0 Å². The molecule has 1 aromatic rings. The van der Waals surface area contributed by atoms with Crippen molar-refractivity contribution >= 4 is 11.6 Å². The molecule has 0 aromatic heterocycles. The second-order valence-electron chi connectivity index (χ2n) is 3.06. The number of aromatic hydroxyl groups is 1. The molecule has 4 N–H and O–H groups in total. The van der Waals surface area contributed by atoms with Crippen molar-refractivity contribution in [2.75, 3.05) is 0 Å². The van der Waals surface area contributed by atoms with E-state index in [0.717, 1.165) is 6.07 Å². The summed E-state index contributed by atoms with van der Waals surface area (Å²) in [7, 11) is 0. The highest BCUT2D eigenvalue weighted by atomic mass is 35.5. The molecule has 2 atom stereocenters. The maximum absolute atomic E-state index is 12.9. The van der Waals surface area contributed by atoms with Crippen LogP contribution in [0.5, 0.6) is 5.75 Å². The van der Waals surface area contributed by atoms with E-state index < -0.39 is 23.7 Å². The molecule has 0 radical (unpaired) electrons. The lowest BCUT2D eigenvalue weighted by molar-refractivity contribution is 0.162. The van der Waals surface area contributed by atoms with Crippen LogP contribution < -0.4 is 5.73 Å². The highest BCUT2D eigenvalue weighted by Crippen LogP contribution is 2.33. The highest BCUT2D eigenvalue weighted by Gasteiger charge is 2.21. The molecule has 0 heterocycles. The Morgan fingerprint density at radius 1 is 1.50 bits per heavy atom. The van der Waals surface area contributed by atoms with Crippen molar-refractivity contribution in [3.05, 3.63) is 28.5 Å². The van der Waals surface area contributed by atoms with E-state index in [0.29, 0.717) is 0 Å². The first-order valence-electron chi connectivity index (χ1n) is 4.05. The van der Waals surface area contributed by atoms with Crippen LogP contribution in [0.15, 0.2) is 12.1 Å². The Labute approximate surface area is 85.9 Å². The van der Waals surface area contributed by atoms with Crippen molar-refractivity contribution in [2.24, 2.45) is 5.73 Å². The second-order valence-corrected chi connectivity index (χ2v) is 3.47. The normalized spacial score (nSPS) is 15.2. The molecule has 0 saturated carbocycles. The van der Waals surface area contributed by atoms with Gasteiger partial charge < -0.3 is 15.9 Å². The molecule has 0 aliphatic carbocycles. The van der Waals surface area contributed by atoms with Crippen molar-refractivity contribution in [1.82, 2.24) is 0 Å². The lowest BCUT2D eigenvalue weighted by Gasteiger charge is -2.17. The Bertz CT molecular complexity index is 344. The van der Waals surface area contributed by atoms with Gasteiger partial charge in [0.25, 0.3) is 0 Å².